The van der Waals surface area contributed by atoms with E-state index in [0.29, 0.717) is 0 Å². The zero-order valence-electron chi connectivity index (χ0n) is 16.5. The molecule has 1 aliphatic carbocycles. The van der Waals surface area contributed by atoms with Crippen LogP contribution in [-0.4, -0.2) is 0 Å². The molecular weight excluding hydrogens is 288 g/mol. The molecule has 3 rings (SSSR count). The van der Waals surface area contributed by atoms with Crippen molar-refractivity contribution in [2.45, 2.75) is 90.4 Å². The first-order chi connectivity index (χ1) is 11.2. The smallest absolute Gasteiger partial charge is 0.0132 e. The van der Waals surface area contributed by atoms with E-state index >= 15 is 0 Å². The molecule has 0 heteroatoms. The Morgan fingerprint density at radius 1 is 0.708 bits per heavy atom. The van der Waals surface area contributed by atoms with E-state index < -0.39 is 0 Å². The third-order valence-electron chi connectivity index (χ3n) is 5.76. The summed E-state index contributed by atoms with van der Waals surface area (Å²) >= 11 is 0. The summed E-state index contributed by atoms with van der Waals surface area (Å²) < 4.78 is 0. The van der Waals surface area contributed by atoms with Gasteiger partial charge in [-0.2, -0.15) is 0 Å². The van der Waals surface area contributed by atoms with Crippen LogP contribution in [0.4, 0.5) is 0 Å². The molecule has 0 radical (unpaired) electrons. The third kappa shape index (κ3) is 3.53. The summed E-state index contributed by atoms with van der Waals surface area (Å²) in [5, 5.41) is 2.93. The number of hydrogen-bond donors (Lipinski definition) is 0. The molecule has 0 unspecified atom stereocenters. The van der Waals surface area contributed by atoms with Crippen molar-refractivity contribution in [2.75, 3.05) is 0 Å². The first-order valence-corrected chi connectivity index (χ1v) is 9.75. The average Bonchev–Trinajstić information content (AvgIpc) is 2.52. The second-order valence-corrected chi connectivity index (χ2v) is 9.84. The lowest BCUT2D eigenvalue weighted by Crippen LogP contribution is -2.14. The van der Waals surface area contributed by atoms with Gasteiger partial charge in [0, 0.05) is 0 Å². The van der Waals surface area contributed by atoms with Crippen LogP contribution in [0.5, 0.6) is 0 Å². The van der Waals surface area contributed by atoms with Crippen LogP contribution in [0.3, 0.4) is 0 Å². The maximum absolute atomic E-state index is 2.53. The molecule has 0 saturated heterocycles. The van der Waals surface area contributed by atoms with Gasteiger partial charge in [-0.15, -0.1) is 0 Å². The lowest BCUT2D eigenvalue weighted by Gasteiger charge is -2.28. The standard InChI is InChI=1S/C24H34/c1-23(2,3)19-13-12-18-14-20(24(4,5)6)16-21(22(18)15-19)17-10-8-7-9-11-17/h12-17H,7-11H2,1-6H3. The Morgan fingerprint density at radius 3 is 1.92 bits per heavy atom. The monoisotopic (exact) mass is 322 g/mol. The third-order valence-corrected chi connectivity index (χ3v) is 5.76. The molecule has 0 spiro atoms. The van der Waals surface area contributed by atoms with Gasteiger partial charge in [-0.05, 0) is 57.1 Å². The van der Waals surface area contributed by atoms with E-state index in [2.05, 4.69) is 71.9 Å². The summed E-state index contributed by atoms with van der Waals surface area (Å²) in [5.74, 6) is 0.749. The zero-order valence-corrected chi connectivity index (χ0v) is 16.5. The Morgan fingerprint density at radius 2 is 1.33 bits per heavy atom. The number of fused-ring (bicyclic) bond motifs is 1. The normalized spacial score (nSPS) is 17.4. The molecule has 0 aromatic heterocycles. The molecule has 0 heterocycles. The van der Waals surface area contributed by atoms with E-state index in [-0.39, 0.29) is 10.8 Å². The average molecular weight is 323 g/mol. The summed E-state index contributed by atoms with van der Waals surface area (Å²) in [4.78, 5) is 0. The van der Waals surface area contributed by atoms with Crippen molar-refractivity contribution in [2.24, 2.45) is 0 Å². The molecule has 2 aromatic rings. The van der Waals surface area contributed by atoms with E-state index in [1.165, 1.54) is 54.0 Å². The van der Waals surface area contributed by atoms with Crippen molar-refractivity contribution in [3.63, 3.8) is 0 Å². The molecule has 1 fully saturated rings. The van der Waals surface area contributed by atoms with Crippen molar-refractivity contribution >= 4 is 10.8 Å². The van der Waals surface area contributed by atoms with Crippen LogP contribution in [0, 0.1) is 0 Å². The van der Waals surface area contributed by atoms with Crippen LogP contribution in [0.2, 0.25) is 0 Å². The van der Waals surface area contributed by atoms with Gasteiger partial charge in [0.25, 0.3) is 0 Å². The topological polar surface area (TPSA) is 0 Å². The van der Waals surface area contributed by atoms with Crippen LogP contribution in [0.25, 0.3) is 10.8 Å². The van der Waals surface area contributed by atoms with Crippen molar-refractivity contribution in [1.29, 1.82) is 0 Å². The minimum absolute atomic E-state index is 0.209. The quantitative estimate of drug-likeness (QED) is 0.510. The highest BCUT2D eigenvalue weighted by molar-refractivity contribution is 5.88. The molecule has 1 saturated carbocycles. The Hall–Kier alpha value is -1.30. The molecule has 0 aliphatic heterocycles. The van der Waals surface area contributed by atoms with Crippen LogP contribution in [0.15, 0.2) is 30.3 Å². The highest BCUT2D eigenvalue weighted by atomic mass is 14.3. The van der Waals surface area contributed by atoms with Crippen molar-refractivity contribution < 1.29 is 0 Å². The number of rotatable bonds is 1. The minimum atomic E-state index is 0.209. The second-order valence-electron chi connectivity index (χ2n) is 9.84. The Labute approximate surface area is 148 Å². The molecule has 24 heavy (non-hydrogen) atoms. The molecule has 0 bridgehead atoms. The molecule has 0 atom stereocenters. The predicted molar refractivity (Wildman–Crippen MR) is 107 cm³/mol. The molecule has 0 nitrogen and oxygen atoms in total. The van der Waals surface area contributed by atoms with Gasteiger partial charge in [-0.25, -0.2) is 0 Å². The second kappa shape index (κ2) is 6.21. The van der Waals surface area contributed by atoms with E-state index in [1.54, 1.807) is 5.56 Å². The van der Waals surface area contributed by atoms with Gasteiger partial charge in [0.2, 0.25) is 0 Å². The van der Waals surface area contributed by atoms with Gasteiger partial charge in [-0.1, -0.05) is 91.1 Å². The van der Waals surface area contributed by atoms with Crippen LogP contribution >= 0.6 is 0 Å². The van der Waals surface area contributed by atoms with Gasteiger partial charge < -0.3 is 0 Å². The summed E-state index contributed by atoms with van der Waals surface area (Å²) in [5.41, 5.74) is 4.97. The molecule has 1 aliphatic rings. The molecular formula is C24H34. The highest BCUT2D eigenvalue weighted by Gasteiger charge is 2.23. The Bertz CT molecular complexity index is 716. The molecule has 0 N–H and O–H groups in total. The number of hydrogen-bond acceptors (Lipinski definition) is 0. The largest absolute Gasteiger partial charge is 0.0579 e. The summed E-state index contributed by atoms with van der Waals surface area (Å²) in [6.07, 6.45) is 6.93. The maximum atomic E-state index is 2.53. The van der Waals surface area contributed by atoms with Crippen molar-refractivity contribution in [3.05, 3.63) is 47.0 Å². The fourth-order valence-electron chi connectivity index (χ4n) is 4.04. The van der Waals surface area contributed by atoms with Crippen LogP contribution in [0.1, 0.15) is 96.3 Å². The summed E-state index contributed by atoms with van der Waals surface area (Å²) in [6, 6.07) is 12.1. The van der Waals surface area contributed by atoms with Crippen LogP contribution in [-0.2, 0) is 10.8 Å². The fraction of sp³-hybridized carbons (Fsp3) is 0.583. The van der Waals surface area contributed by atoms with Gasteiger partial charge in [-0.3, -0.25) is 0 Å². The number of benzene rings is 2. The molecule has 2 aromatic carbocycles. The minimum Gasteiger partial charge on any atom is -0.0579 e. The van der Waals surface area contributed by atoms with E-state index in [0.717, 1.165) is 5.92 Å². The first kappa shape index (κ1) is 17.5. The van der Waals surface area contributed by atoms with Crippen molar-refractivity contribution in [1.82, 2.24) is 0 Å². The van der Waals surface area contributed by atoms with Crippen LogP contribution < -0.4 is 0 Å². The Kier molecular flexibility index (Phi) is 4.53. The summed E-state index contributed by atoms with van der Waals surface area (Å²) in [7, 11) is 0. The lowest BCUT2D eigenvalue weighted by molar-refractivity contribution is 0.444. The van der Waals surface area contributed by atoms with Gasteiger partial charge in [0.05, 0.1) is 0 Å². The highest BCUT2D eigenvalue weighted by Crippen LogP contribution is 2.40. The fourth-order valence-corrected chi connectivity index (χ4v) is 4.04. The molecule has 0 amide bonds. The first-order valence-electron chi connectivity index (χ1n) is 9.75. The zero-order chi connectivity index (χ0) is 17.5. The van der Waals surface area contributed by atoms with Gasteiger partial charge >= 0.3 is 0 Å². The van der Waals surface area contributed by atoms with Gasteiger partial charge in [0.1, 0.15) is 0 Å². The van der Waals surface area contributed by atoms with E-state index in [4.69, 9.17) is 0 Å². The van der Waals surface area contributed by atoms with Crippen molar-refractivity contribution in [3.8, 4) is 0 Å². The molecule has 130 valence electrons. The summed E-state index contributed by atoms with van der Waals surface area (Å²) in [6.45, 7) is 14.0. The Balaban J connectivity index is 2.22. The van der Waals surface area contributed by atoms with E-state index in [9.17, 15) is 0 Å². The SMILES string of the molecule is CC(C)(C)c1cc(C2CCCCC2)c2cc(C(C)(C)C)ccc2c1. The lowest BCUT2D eigenvalue weighted by atomic mass is 9.77. The van der Waals surface area contributed by atoms with E-state index in [1.807, 2.05) is 0 Å². The predicted octanol–water partition coefficient (Wildman–Crippen LogP) is 7.48. The van der Waals surface area contributed by atoms with Gasteiger partial charge in [0.15, 0.2) is 0 Å². The maximum Gasteiger partial charge on any atom is -0.0132 e.